The minimum Gasteiger partial charge on any atom is -0.311 e. The summed E-state index contributed by atoms with van der Waals surface area (Å²) in [5.74, 6) is 0.770. The van der Waals surface area contributed by atoms with E-state index in [-0.39, 0.29) is 0 Å². The van der Waals surface area contributed by atoms with E-state index in [9.17, 15) is 0 Å². The second-order valence-corrected chi connectivity index (χ2v) is 4.54. The number of hydrogen-bond donors (Lipinski definition) is 1. The van der Waals surface area contributed by atoms with Crippen LogP contribution in [0.2, 0.25) is 0 Å². The van der Waals surface area contributed by atoms with Gasteiger partial charge in [-0.2, -0.15) is 0 Å². The molecule has 1 heteroatoms. The zero-order valence-corrected chi connectivity index (χ0v) is 9.74. The van der Waals surface area contributed by atoms with E-state index >= 15 is 0 Å². The van der Waals surface area contributed by atoms with Crippen molar-refractivity contribution in [3.05, 3.63) is 35.9 Å². The predicted molar refractivity (Wildman–Crippen MR) is 65.1 cm³/mol. The molecule has 1 aromatic rings. The van der Waals surface area contributed by atoms with E-state index in [1.807, 2.05) is 0 Å². The van der Waals surface area contributed by atoms with Crippen molar-refractivity contribution in [3.8, 4) is 0 Å². The highest BCUT2D eigenvalue weighted by Crippen LogP contribution is 2.41. The number of hydrogen-bond acceptors (Lipinski definition) is 1. The van der Waals surface area contributed by atoms with E-state index in [4.69, 9.17) is 0 Å². The van der Waals surface area contributed by atoms with Crippen molar-refractivity contribution in [2.45, 2.75) is 51.1 Å². The van der Waals surface area contributed by atoms with Gasteiger partial charge in [0.05, 0.1) is 0 Å². The summed E-state index contributed by atoms with van der Waals surface area (Å²) in [5, 5.41) is 3.74. The van der Waals surface area contributed by atoms with Gasteiger partial charge >= 0.3 is 0 Å². The summed E-state index contributed by atoms with van der Waals surface area (Å²) in [5.41, 5.74) is 1.50. The molecule has 0 bridgehead atoms. The van der Waals surface area contributed by atoms with E-state index < -0.39 is 0 Å². The molecule has 15 heavy (non-hydrogen) atoms. The van der Waals surface area contributed by atoms with Crippen LogP contribution in [-0.4, -0.2) is 12.1 Å². The highest BCUT2D eigenvalue weighted by Gasteiger charge is 2.38. The molecular weight excluding hydrogens is 182 g/mol. The molecule has 1 N–H and O–H groups in total. The fourth-order valence-electron chi connectivity index (χ4n) is 2.27. The second-order valence-electron chi connectivity index (χ2n) is 4.54. The summed E-state index contributed by atoms with van der Waals surface area (Å²) >= 11 is 0. The smallest absolute Gasteiger partial charge is 0.0145 e. The van der Waals surface area contributed by atoms with Crippen molar-refractivity contribution in [1.82, 2.24) is 5.32 Å². The molecule has 0 saturated heterocycles. The largest absolute Gasteiger partial charge is 0.311 e. The molecule has 0 aliphatic heterocycles. The Morgan fingerprint density at radius 1 is 1.20 bits per heavy atom. The Morgan fingerprint density at radius 3 is 2.47 bits per heavy atom. The van der Waals surface area contributed by atoms with Crippen molar-refractivity contribution in [1.29, 1.82) is 0 Å². The Bertz CT molecular complexity index is 289. The van der Waals surface area contributed by atoms with Gasteiger partial charge in [-0.3, -0.25) is 0 Å². The summed E-state index contributed by atoms with van der Waals surface area (Å²) in [7, 11) is 0. The average Bonchev–Trinajstić information content (AvgIpc) is 3.06. The molecular formula is C14H21N. The molecule has 1 aliphatic rings. The average molecular weight is 203 g/mol. The lowest BCUT2D eigenvalue weighted by Crippen LogP contribution is -2.30. The van der Waals surface area contributed by atoms with Gasteiger partial charge < -0.3 is 5.32 Å². The van der Waals surface area contributed by atoms with Crippen LogP contribution in [0.4, 0.5) is 0 Å². The van der Waals surface area contributed by atoms with Gasteiger partial charge in [-0.1, -0.05) is 44.2 Å². The molecule has 82 valence electrons. The standard InChI is InChI=1S/C14H21N/c1-3-12(4-2)15-14-10-13(14)11-8-6-5-7-9-11/h5-9,12-15H,3-4,10H2,1-2H3. The number of benzene rings is 1. The lowest BCUT2D eigenvalue weighted by atomic mass is 10.1. The van der Waals surface area contributed by atoms with Crippen molar-refractivity contribution >= 4 is 0 Å². The monoisotopic (exact) mass is 203 g/mol. The van der Waals surface area contributed by atoms with E-state index in [1.54, 1.807) is 0 Å². The number of rotatable bonds is 5. The molecule has 1 nitrogen and oxygen atoms in total. The Hall–Kier alpha value is -0.820. The first kappa shape index (κ1) is 10.7. The van der Waals surface area contributed by atoms with Crippen LogP contribution in [0.25, 0.3) is 0 Å². The SMILES string of the molecule is CCC(CC)NC1CC1c1ccccc1. The molecule has 0 aromatic heterocycles. The molecule has 2 unspecified atom stereocenters. The van der Waals surface area contributed by atoms with Gasteiger partial charge in [-0.15, -0.1) is 0 Å². The van der Waals surface area contributed by atoms with Gasteiger partial charge in [0.2, 0.25) is 0 Å². The first-order valence-corrected chi connectivity index (χ1v) is 6.16. The van der Waals surface area contributed by atoms with Crippen molar-refractivity contribution in [2.24, 2.45) is 0 Å². The van der Waals surface area contributed by atoms with E-state index in [0.29, 0.717) is 6.04 Å². The van der Waals surface area contributed by atoms with Crippen LogP contribution in [-0.2, 0) is 0 Å². The molecule has 1 saturated carbocycles. The first-order valence-electron chi connectivity index (χ1n) is 6.16. The van der Waals surface area contributed by atoms with Gasteiger partial charge in [0.25, 0.3) is 0 Å². The number of nitrogens with one attached hydrogen (secondary N) is 1. The minimum absolute atomic E-state index is 0.712. The van der Waals surface area contributed by atoms with Gasteiger partial charge in [0.15, 0.2) is 0 Å². The maximum absolute atomic E-state index is 3.74. The maximum Gasteiger partial charge on any atom is 0.0145 e. The Labute approximate surface area is 92.9 Å². The molecule has 0 heterocycles. The van der Waals surface area contributed by atoms with Gasteiger partial charge in [0, 0.05) is 18.0 Å². The molecule has 1 aliphatic carbocycles. The van der Waals surface area contributed by atoms with Crippen LogP contribution in [0.1, 0.15) is 44.6 Å². The van der Waals surface area contributed by atoms with Gasteiger partial charge in [0.1, 0.15) is 0 Å². The first-order chi connectivity index (χ1) is 7.35. The highest BCUT2D eigenvalue weighted by molar-refractivity contribution is 5.27. The molecule has 2 atom stereocenters. The van der Waals surface area contributed by atoms with Crippen molar-refractivity contribution in [3.63, 3.8) is 0 Å². The summed E-state index contributed by atoms with van der Waals surface area (Å²) in [6, 6.07) is 12.3. The highest BCUT2D eigenvalue weighted by atomic mass is 15.0. The van der Waals surface area contributed by atoms with Gasteiger partial charge in [-0.25, -0.2) is 0 Å². The third-order valence-electron chi connectivity index (χ3n) is 3.45. The molecule has 0 spiro atoms. The summed E-state index contributed by atoms with van der Waals surface area (Å²) in [4.78, 5) is 0. The fraction of sp³-hybridized carbons (Fsp3) is 0.571. The Kier molecular flexibility index (Phi) is 3.42. The lowest BCUT2D eigenvalue weighted by Gasteiger charge is -2.14. The van der Waals surface area contributed by atoms with E-state index in [1.165, 1.54) is 24.8 Å². The quantitative estimate of drug-likeness (QED) is 0.774. The second kappa shape index (κ2) is 4.80. The summed E-state index contributed by atoms with van der Waals surface area (Å²) in [6.45, 7) is 4.53. The Balaban J connectivity index is 1.86. The van der Waals surface area contributed by atoms with Crippen LogP contribution in [0.5, 0.6) is 0 Å². The zero-order chi connectivity index (χ0) is 10.7. The van der Waals surface area contributed by atoms with Crippen molar-refractivity contribution < 1.29 is 0 Å². The topological polar surface area (TPSA) is 12.0 Å². The van der Waals surface area contributed by atoms with Crippen LogP contribution < -0.4 is 5.32 Å². The fourth-order valence-corrected chi connectivity index (χ4v) is 2.27. The molecule has 0 amide bonds. The third-order valence-corrected chi connectivity index (χ3v) is 3.45. The van der Waals surface area contributed by atoms with Crippen LogP contribution in [0.15, 0.2) is 30.3 Å². The maximum atomic E-state index is 3.74. The molecule has 2 rings (SSSR count). The predicted octanol–water partition coefficient (Wildman–Crippen LogP) is 3.32. The normalized spacial score (nSPS) is 24.5. The zero-order valence-electron chi connectivity index (χ0n) is 9.74. The molecule has 1 fully saturated rings. The molecule has 1 aromatic carbocycles. The van der Waals surface area contributed by atoms with E-state index in [2.05, 4.69) is 49.5 Å². The van der Waals surface area contributed by atoms with Crippen LogP contribution >= 0.6 is 0 Å². The van der Waals surface area contributed by atoms with E-state index in [0.717, 1.165) is 12.0 Å². The molecule has 0 radical (unpaired) electrons. The lowest BCUT2D eigenvalue weighted by molar-refractivity contribution is 0.477. The van der Waals surface area contributed by atoms with Crippen LogP contribution in [0.3, 0.4) is 0 Å². The Morgan fingerprint density at radius 2 is 1.87 bits per heavy atom. The minimum atomic E-state index is 0.712. The van der Waals surface area contributed by atoms with Crippen molar-refractivity contribution in [2.75, 3.05) is 0 Å². The van der Waals surface area contributed by atoms with Crippen LogP contribution in [0, 0.1) is 0 Å². The van der Waals surface area contributed by atoms with Gasteiger partial charge in [-0.05, 0) is 24.8 Å². The third kappa shape index (κ3) is 2.60. The summed E-state index contributed by atoms with van der Waals surface area (Å²) < 4.78 is 0. The summed E-state index contributed by atoms with van der Waals surface area (Å²) in [6.07, 6.45) is 3.81.